The van der Waals surface area contributed by atoms with Crippen LogP contribution in [0.4, 0.5) is 16.6 Å². The van der Waals surface area contributed by atoms with Gasteiger partial charge in [0.05, 0.1) is 0 Å². The maximum atomic E-state index is 12.0. The number of nitrogens with two attached hydrogens (primary N) is 1. The van der Waals surface area contributed by atoms with Gasteiger partial charge in [-0.2, -0.15) is 4.98 Å². The van der Waals surface area contributed by atoms with Crippen LogP contribution in [0.5, 0.6) is 0 Å². The monoisotopic (exact) mass is 386 g/mol. The molecule has 0 atom stereocenters. The van der Waals surface area contributed by atoms with Gasteiger partial charge in [-0.05, 0) is 56.5 Å². The molecule has 2 heterocycles. The van der Waals surface area contributed by atoms with E-state index in [2.05, 4.69) is 36.4 Å². The Kier molecular flexibility index (Phi) is 4.98. The highest BCUT2D eigenvalue weighted by atomic mass is 79.9. The third-order valence-corrected chi connectivity index (χ3v) is 4.18. The van der Waals surface area contributed by atoms with E-state index >= 15 is 0 Å². The predicted octanol–water partition coefficient (Wildman–Crippen LogP) is 2.10. The summed E-state index contributed by atoms with van der Waals surface area (Å²) in [7, 11) is 0. The first-order valence-electron chi connectivity index (χ1n) is 7.50. The van der Waals surface area contributed by atoms with Gasteiger partial charge in [-0.15, -0.1) is 10.2 Å². The number of hydrogen-bond donors (Lipinski definition) is 2. The van der Waals surface area contributed by atoms with E-state index in [0.717, 1.165) is 12.8 Å². The fraction of sp³-hybridized carbons (Fsp3) is 0.714. The first-order chi connectivity index (χ1) is 10.6. The van der Waals surface area contributed by atoms with Crippen molar-refractivity contribution >= 4 is 33.8 Å². The van der Waals surface area contributed by atoms with Crippen molar-refractivity contribution in [1.29, 1.82) is 0 Å². The van der Waals surface area contributed by atoms with Crippen LogP contribution in [0.1, 0.15) is 40.5 Å². The van der Waals surface area contributed by atoms with Gasteiger partial charge < -0.3 is 20.7 Å². The van der Waals surface area contributed by atoms with Crippen molar-refractivity contribution in [2.24, 2.45) is 0 Å². The lowest BCUT2D eigenvalue weighted by Gasteiger charge is -2.39. The molecule has 1 fully saturated rings. The smallest absolute Gasteiger partial charge is 0.408 e. The van der Waals surface area contributed by atoms with Crippen LogP contribution in [0.15, 0.2) is 4.60 Å². The number of piperidine rings is 1. The number of hydrogen-bond acceptors (Lipinski definition) is 7. The van der Waals surface area contributed by atoms with Crippen molar-refractivity contribution in [2.75, 3.05) is 23.7 Å². The molecule has 1 aromatic rings. The van der Waals surface area contributed by atoms with Gasteiger partial charge in [-0.25, -0.2) is 4.79 Å². The van der Waals surface area contributed by atoms with Crippen molar-refractivity contribution in [3.05, 3.63) is 4.60 Å². The lowest BCUT2D eigenvalue weighted by Crippen LogP contribution is -2.54. The Morgan fingerprint density at radius 1 is 1.35 bits per heavy atom. The Labute approximate surface area is 144 Å². The zero-order valence-electron chi connectivity index (χ0n) is 13.9. The molecule has 9 heteroatoms. The summed E-state index contributed by atoms with van der Waals surface area (Å²) < 4.78 is 5.77. The average molecular weight is 387 g/mol. The number of nitrogens with one attached hydrogen (secondary N) is 1. The van der Waals surface area contributed by atoms with Gasteiger partial charge in [0.2, 0.25) is 5.95 Å². The molecule has 0 unspecified atom stereocenters. The van der Waals surface area contributed by atoms with Crippen molar-refractivity contribution in [1.82, 2.24) is 20.5 Å². The summed E-state index contributed by atoms with van der Waals surface area (Å²) in [5.41, 5.74) is 4.93. The quantitative estimate of drug-likeness (QED) is 0.800. The molecule has 0 radical (unpaired) electrons. The van der Waals surface area contributed by atoms with Gasteiger partial charge >= 0.3 is 6.09 Å². The van der Waals surface area contributed by atoms with Crippen LogP contribution in [0.3, 0.4) is 0 Å². The molecule has 0 aliphatic carbocycles. The summed E-state index contributed by atoms with van der Waals surface area (Å²) in [6.07, 6.45) is 1.12. The van der Waals surface area contributed by atoms with Gasteiger partial charge in [0.15, 0.2) is 10.4 Å². The minimum Gasteiger partial charge on any atom is -0.444 e. The lowest BCUT2D eigenvalue weighted by atomic mass is 9.90. The highest BCUT2D eigenvalue weighted by Gasteiger charge is 2.34. The normalized spacial score (nSPS) is 17.7. The molecule has 0 aromatic carbocycles. The zero-order chi connectivity index (χ0) is 17.3. The number of alkyl carbamates (subject to hydrolysis) is 1. The van der Waals surface area contributed by atoms with Crippen molar-refractivity contribution in [3.63, 3.8) is 0 Å². The Hall–Kier alpha value is -1.64. The maximum Gasteiger partial charge on any atom is 0.408 e. The standard InChI is InChI=1S/C14H23BrN6O2/c1-13(2,3)23-12(22)18-14(4)5-7-21(8-6-14)11-17-10(16)9(15)19-20-11/h5-8H2,1-4H3,(H,18,22)(H2,16,17,20). The second kappa shape index (κ2) is 6.46. The van der Waals surface area contributed by atoms with E-state index in [1.807, 2.05) is 32.6 Å². The van der Waals surface area contributed by atoms with E-state index in [9.17, 15) is 4.79 Å². The third kappa shape index (κ3) is 4.92. The van der Waals surface area contributed by atoms with Crippen LogP contribution in [-0.2, 0) is 4.74 Å². The van der Waals surface area contributed by atoms with Crippen LogP contribution >= 0.6 is 15.9 Å². The Bertz CT molecular complexity index is 581. The number of carbonyl (C=O) groups is 1. The number of anilines is 2. The molecule has 1 aliphatic rings. The van der Waals surface area contributed by atoms with Gasteiger partial charge in [0.1, 0.15) is 5.60 Å². The maximum absolute atomic E-state index is 12.0. The number of aromatic nitrogens is 3. The number of nitrogen functional groups attached to an aromatic ring is 1. The van der Waals surface area contributed by atoms with Gasteiger partial charge in [0.25, 0.3) is 0 Å². The lowest BCUT2D eigenvalue weighted by molar-refractivity contribution is 0.0448. The number of rotatable bonds is 2. The summed E-state index contributed by atoms with van der Waals surface area (Å²) in [6, 6.07) is 0. The Balaban J connectivity index is 1.94. The molecule has 2 rings (SSSR count). The van der Waals surface area contributed by atoms with Crippen LogP contribution < -0.4 is 16.0 Å². The number of carbonyl (C=O) groups excluding carboxylic acids is 1. The molecule has 0 bridgehead atoms. The summed E-state index contributed by atoms with van der Waals surface area (Å²) in [6.45, 7) is 8.97. The van der Waals surface area contributed by atoms with E-state index in [1.165, 1.54) is 0 Å². The molecular weight excluding hydrogens is 364 g/mol. The highest BCUT2D eigenvalue weighted by Crippen LogP contribution is 2.25. The summed E-state index contributed by atoms with van der Waals surface area (Å²) >= 11 is 3.18. The molecule has 23 heavy (non-hydrogen) atoms. The van der Waals surface area contributed by atoms with Crippen molar-refractivity contribution in [2.45, 2.75) is 51.7 Å². The second-order valence-electron chi connectivity index (χ2n) is 6.96. The Morgan fingerprint density at radius 3 is 2.48 bits per heavy atom. The molecule has 0 spiro atoms. The van der Waals surface area contributed by atoms with E-state index in [0.29, 0.717) is 29.5 Å². The minimum atomic E-state index is -0.504. The topological polar surface area (TPSA) is 106 Å². The molecule has 0 saturated carbocycles. The summed E-state index contributed by atoms with van der Waals surface area (Å²) in [5.74, 6) is 0.820. The summed E-state index contributed by atoms with van der Waals surface area (Å²) in [5, 5.41) is 10.9. The molecule has 1 amide bonds. The fourth-order valence-corrected chi connectivity index (χ4v) is 2.49. The van der Waals surface area contributed by atoms with E-state index < -0.39 is 5.60 Å². The number of amides is 1. The first-order valence-corrected chi connectivity index (χ1v) is 8.29. The predicted molar refractivity (Wildman–Crippen MR) is 91.2 cm³/mol. The molecule has 8 nitrogen and oxygen atoms in total. The number of nitrogens with zero attached hydrogens (tertiary/aromatic N) is 4. The molecular formula is C14H23BrN6O2. The van der Waals surface area contributed by atoms with Crippen LogP contribution in [0.25, 0.3) is 0 Å². The van der Waals surface area contributed by atoms with Crippen LogP contribution in [0, 0.1) is 0 Å². The van der Waals surface area contributed by atoms with E-state index in [1.54, 1.807) is 0 Å². The van der Waals surface area contributed by atoms with Gasteiger partial charge in [-0.1, -0.05) is 0 Å². The Morgan fingerprint density at radius 2 is 1.96 bits per heavy atom. The van der Waals surface area contributed by atoms with Crippen molar-refractivity contribution < 1.29 is 9.53 Å². The molecule has 1 aromatic heterocycles. The van der Waals surface area contributed by atoms with Crippen LogP contribution in [0.2, 0.25) is 0 Å². The fourth-order valence-electron chi connectivity index (χ4n) is 2.33. The SMILES string of the molecule is CC1(NC(=O)OC(C)(C)C)CCN(c2nnc(Br)c(N)n2)CC1. The average Bonchev–Trinajstić information content (AvgIpc) is 2.40. The first kappa shape index (κ1) is 17.7. The third-order valence-electron chi connectivity index (χ3n) is 3.61. The molecule has 128 valence electrons. The highest BCUT2D eigenvalue weighted by molar-refractivity contribution is 9.10. The molecule has 1 saturated heterocycles. The van der Waals surface area contributed by atoms with Gasteiger partial charge in [0, 0.05) is 18.6 Å². The second-order valence-corrected chi connectivity index (χ2v) is 7.71. The van der Waals surface area contributed by atoms with E-state index in [-0.39, 0.29) is 11.6 Å². The number of ether oxygens (including phenoxy) is 1. The van der Waals surface area contributed by atoms with Crippen LogP contribution in [-0.4, -0.2) is 45.5 Å². The number of halogens is 1. The van der Waals surface area contributed by atoms with E-state index in [4.69, 9.17) is 10.5 Å². The summed E-state index contributed by atoms with van der Waals surface area (Å²) in [4.78, 5) is 18.2. The minimum absolute atomic E-state index is 0.312. The molecule has 1 aliphatic heterocycles. The zero-order valence-corrected chi connectivity index (χ0v) is 15.5. The van der Waals surface area contributed by atoms with Gasteiger partial charge in [-0.3, -0.25) is 0 Å². The largest absolute Gasteiger partial charge is 0.444 e. The van der Waals surface area contributed by atoms with Crippen molar-refractivity contribution in [3.8, 4) is 0 Å². The molecule has 3 N–H and O–H groups in total.